The summed E-state index contributed by atoms with van der Waals surface area (Å²) in [5.74, 6) is 0.481. The molecule has 0 radical (unpaired) electrons. The van der Waals surface area contributed by atoms with Crippen molar-refractivity contribution in [1.82, 2.24) is 0 Å². The molecule has 1 aromatic carbocycles. The van der Waals surface area contributed by atoms with E-state index >= 15 is 0 Å². The molecule has 0 atom stereocenters. The maximum absolute atomic E-state index is 11.0. The molecule has 0 heterocycles. The van der Waals surface area contributed by atoms with Crippen molar-refractivity contribution in [2.24, 2.45) is 0 Å². The third kappa shape index (κ3) is 3.82. The highest BCUT2D eigenvalue weighted by Gasteiger charge is 2.08. The van der Waals surface area contributed by atoms with E-state index in [1.54, 1.807) is 13.2 Å². The van der Waals surface area contributed by atoms with Crippen LogP contribution in [0.5, 0.6) is 5.75 Å². The minimum atomic E-state index is -0.254. The molecule has 0 bridgehead atoms. The molecular formula is C12H16ClNO3. The number of benzene rings is 1. The van der Waals surface area contributed by atoms with E-state index in [0.717, 1.165) is 17.0 Å². The molecule has 0 fully saturated rings. The number of ether oxygens (including phenoxy) is 2. The summed E-state index contributed by atoms with van der Waals surface area (Å²) < 4.78 is 9.83. The van der Waals surface area contributed by atoms with Gasteiger partial charge in [-0.15, -0.1) is 0 Å². The van der Waals surface area contributed by atoms with E-state index in [0.29, 0.717) is 18.0 Å². The molecule has 0 unspecified atom stereocenters. The number of nitrogens with one attached hydrogen (secondary N) is 1. The van der Waals surface area contributed by atoms with Crippen molar-refractivity contribution in [3.05, 3.63) is 22.7 Å². The molecule has 0 aliphatic heterocycles. The van der Waals surface area contributed by atoms with Crippen molar-refractivity contribution in [1.29, 1.82) is 0 Å². The molecule has 94 valence electrons. The molecule has 4 nitrogen and oxygen atoms in total. The van der Waals surface area contributed by atoms with E-state index in [9.17, 15) is 4.79 Å². The lowest BCUT2D eigenvalue weighted by atomic mass is 10.2. The predicted molar refractivity (Wildman–Crippen MR) is 67.9 cm³/mol. The Morgan fingerprint density at radius 1 is 1.41 bits per heavy atom. The Morgan fingerprint density at radius 3 is 2.71 bits per heavy atom. The second kappa shape index (κ2) is 6.35. The number of halogens is 1. The standard InChI is InChI=1S/C12H16ClNO3/c1-8-6-9(13)7-10(12(8)17-3)14-5-4-11(15)16-2/h6-7,14H,4-5H2,1-3H3. The summed E-state index contributed by atoms with van der Waals surface area (Å²) in [5.41, 5.74) is 1.72. The first-order chi connectivity index (χ1) is 8.08. The molecule has 1 rings (SSSR count). The van der Waals surface area contributed by atoms with Crippen molar-refractivity contribution < 1.29 is 14.3 Å². The molecule has 0 aliphatic rings. The minimum Gasteiger partial charge on any atom is -0.494 e. The maximum Gasteiger partial charge on any atom is 0.307 e. The molecule has 0 spiro atoms. The number of methoxy groups -OCH3 is 2. The monoisotopic (exact) mass is 257 g/mol. The molecule has 0 saturated heterocycles. The highest BCUT2D eigenvalue weighted by molar-refractivity contribution is 6.31. The van der Waals surface area contributed by atoms with E-state index in [4.69, 9.17) is 16.3 Å². The van der Waals surface area contributed by atoms with Crippen LogP contribution in [0.15, 0.2) is 12.1 Å². The summed E-state index contributed by atoms with van der Waals surface area (Å²) in [5, 5.41) is 3.73. The Hall–Kier alpha value is -1.42. The number of esters is 1. The Kier molecular flexibility index (Phi) is 5.10. The first-order valence-electron chi connectivity index (χ1n) is 5.23. The molecule has 0 aromatic heterocycles. The summed E-state index contributed by atoms with van der Waals surface area (Å²) in [7, 11) is 2.97. The molecule has 1 N–H and O–H groups in total. The Labute approximate surface area is 106 Å². The molecule has 17 heavy (non-hydrogen) atoms. The van der Waals surface area contributed by atoms with E-state index in [-0.39, 0.29) is 5.97 Å². The van der Waals surface area contributed by atoms with Gasteiger partial charge >= 0.3 is 5.97 Å². The summed E-state index contributed by atoms with van der Waals surface area (Å²) in [6.45, 7) is 2.39. The molecular weight excluding hydrogens is 242 g/mol. The van der Waals surface area contributed by atoms with Crippen molar-refractivity contribution in [3.63, 3.8) is 0 Å². The van der Waals surface area contributed by atoms with Gasteiger partial charge in [-0.1, -0.05) is 11.6 Å². The van der Waals surface area contributed by atoms with Crippen molar-refractivity contribution >= 4 is 23.3 Å². The molecule has 0 saturated carbocycles. The molecule has 0 aliphatic carbocycles. The fourth-order valence-corrected chi connectivity index (χ4v) is 1.81. The van der Waals surface area contributed by atoms with Gasteiger partial charge in [-0.25, -0.2) is 0 Å². The Balaban J connectivity index is 2.72. The fourth-order valence-electron chi connectivity index (χ4n) is 1.53. The molecule has 5 heteroatoms. The topological polar surface area (TPSA) is 47.6 Å². The van der Waals surface area contributed by atoms with Crippen LogP contribution in [0.25, 0.3) is 0 Å². The smallest absolute Gasteiger partial charge is 0.307 e. The third-order valence-electron chi connectivity index (χ3n) is 2.32. The maximum atomic E-state index is 11.0. The zero-order valence-electron chi connectivity index (χ0n) is 10.2. The first-order valence-corrected chi connectivity index (χ1v) is 5.61. The highest BCUT2D eigenvalue weighted by atomic mass is 35.5. The Bertz CT molecular complexity index is 407. The van der Waals surface area contributed by atoms with Crippen molar-refractivity contribution in [3.8, 4) is 5.75 Å². The molecule has 1 aromatic rings. The van der Waals surface area contributed by atoms with Gasteiger partial charge in [0, 0.05) is 11.6 Å². The Morgan fingerprint density at radius 2 is 2.12 bits per heavy atom. The normalized spacial score (nSPS) is 9.88. The quantitative estimate of drug-likeness (QED) is 0.824. The van der Waals surface area contributed by atoms with Gasteiger partial charge in [0.05, 0.1) is 26.3 Å². The number of hydrogen-bond donors (Lipinski definition) is 1. The van der Waals surface area contributed by atoms with Gasteiger partial charge < -0.3 is 14.8 Å². The number of anilines is 1. The van der Waals surface area contributed by atoms with Gasteiger partial charge in [0.1, 0.15) is 5.75 Å². The number of rotatable bonds is 5. The third-order valence-corrected chi connectivity index (χ3v) is 2.53. The highest BCUT2D eigenvalue weighted by Crippen LogP contribution is 2.31. The van der Waals surface area contributed by atoms with Crippen molar-refractivity contribution in [2.45, 2.75) is 13.3 Å². The van der Waals surface area contributed by atoms with Crippen LogP contribution in [0.2, 0.25) is 5.02 Å². The van der Waals surface area contributed by atoms with Gasteiger partial charge in [-0.2, -0.15) is 0 Å². The van der Waals surface area contributed by atoms with Gasteiger partial charge in [0.2, 0.25) is 0 Å². The fraction of sp³-hybridized carbons (Fsp3) is 0.417. The lowest BCUT2D eigenvalue weighted by Gasteiger charge is -2.13. The van der Waals surface area contributed by atoms with E-state index in [1.807, 2.05) is 13.0 Å². The van der Waals surface area contributed by atoms with Crippen LogP contribution >= 0.6 is 11.6 Å². The van der Waals surface area contributed by atoms with Gasteiger partial charge in [0.15, 0.2) is 0 Å². The van der Waals surface area contributed by atoms with E-state index in [2.05, 4.69) is 10.1 Å². The number of carbonyl (C=O) groups is 1. The lowest BCUT2D eigenvalue weighted by Crippen LogP contribution is -2.10. The second-order valence-corrected chi connectivity index (χ2v) is 3.99. The van der Waals surface area contributed by atoms with Crippen LogP contribution in [0, 0.1) is 6.92 Å². The summed E-state index contributed by atoms with van der Waals surface area (Å²) >= 11 is 5.96. The largest absolute Gasteiger partial charge is 0.494 e. The zero-order valence-corrected chi connectivity index (χ0v) is 10.9. The van der Waals surface area contributed by atoms with Gasteiger partial charge in [-0.3, -0.25) is 4.79 Å². The van der Waals surface area contributed by atoms with Crippen LogP contribution in [0.3, 0.4) is 0 Å². The summed E-state index contributed by atoms with van der Waals surface area (Å²) in [6.07, 6.45) is 0.297. The number of carbonyl (C=O) groups excluding carboxylic acids is 1. The van der Waals surface area contributed by atoms with E-state index < -0.39 is 0 Å². The summed E-state index contributed by atoms with van der Waals surface area (Å²) in [6, 6.07) is 3.59. The minimum absolute atomic E-state index is 0.254. The average molecular weight is 258 g/mol. The number of aryl methyl sites for hydroxylation is 1. The first kappa shape index (κ1) is 13.6. The average Bonchev–Trinajstić information content (AvgIpc) is 2.28. The zero-order chi connectivity index (χ0) is 12.8. The predicted octanol–water partition coefficient (Wildman–Crippen LogP) is 2.63. The van der Waals surface area contributed by atoms with Gasteiger partial charge in [-0.05, 0) is 24.6 Å². The van der Waals surface area contributed by atoms with Crippen LogP contribution in [0.4, 0.5) is 5.69 Å². The second-order valence-electron chi connectivity index (χ2n) is 3.56. The van der Waals surface area contributed by atoms with Crippen LogP contribution in [-0.2, 0) is 9.53 Å². The van der Waals surface area contributed by atoms with Crippen LogP contribution in [0.1, 0.15) is 12.0 Å². The van der Waals surface area contributed by atoms with E-state index in [1.165, 1.54) is 7.11 Å². The SMILES string of the molecule is COC(=O)CCNc1cc(Cl)cc(C)c1OC. The summed E-state index contributed by atoms with van der Waals surface area (Å²) in [4.78, 5) is 11.0. The lowest BCUT2D eigenvalue weighted by molar-refractivity contribution is -0.140. The van der Waals surface area contributed by atoms with Crippen LogP contribution < -0.4 is 10.1 Å². The van der Waals surface area contributed by atoms with Gasteiger partial charge in [0.25, 0.3) is 0 Å². The number of hydrogen-bond acceptors (Lipinski definition) is 4. The molecule has 0 amide bonds. The van der Waals surface area contributed by atoms with Crippen molar-refractivity contribution in [2.75, 3.05) is 26.1 Å². The van der Waals surface area contributed by atoms with Crippen LogP contribution in [-0.4, -0.2) is 26.7 Å².